The van der Waals surface area contributed by atoms with Gasteiger partial charge in [-0.1, -0.05) is 24.3 Å². The van der Waals surface area contributed by atoms with Crippen molar-refractivity contribution in [1.82, 2.24) is 25.1 Å². The molecule has 10 heteroatoms. The van der Waals surface area contributed by atoms with Gasteiger partial charge < -0.3 is 20.1 Å². The molecule has 1 aliphatic carbocycles. The summed E-state index contributed by atoms with van der Waals surface area (Å²) in [6, 6.07) is 8.71. The summed E-state index contributed by atoms with van der Waals surface area (Å²) in [5.41, 5.74) is 4.01. The van der Waals surface area contributed by atoms with E-state index in [4.69, 9.17) is 14.7 Å². The first-order valence-corrected chi connectivity index (χ1v) is 13.7. The van der Waals surface area contributed by atoms with E-state index in [-0.39, 0.29) is 11.6 Å². The van der Waals surface area contributed by atoms with Gasteiger partial charge in [0.05, 0.1) is 12.8 Å². The zero-order valence-corrected chi connectivity index (χ0v) is 22.7. The summed E-state index contributed by atoms with van der Waals surface area (Å²) in [6.07, 6.45) is 5.67. The molecule has 190 valence electrons. The number of ether oxygens (including phenoxy) is 1. The Labute approximate surface area is 223 Å². The molecule has 1 amide bonds. The van der Waals surface area contributed by atoms with Crippen molar-refractivity contribution < 1.29 is 14.6 Å². The predicted octanol–water partition coefficient (Wildman–Crippen LogP) is 4.71. The average molecular weight is 602 g/mol. The fourth-order valence-electron chi connectivity index (χ4n) is 6.39. The minimum Gasteiger partial charge on any atom is -0.465 e. The van der Waals surface area contributed by atoms with Crippen LogP contribution in [0.3, 0.4) is 0 Å². The topological polar surface area (TPSA) is 105 Å². The van der Waals surface area contributed by atoms with E-state index >= 15 is 0 Å². The summed E-state index contributed by atoms with van der Waals surface area (Å²) in [5, 5.41) is 16.8. The molecule has 0 saturated carbocycles. The van der Waals surface area contributed by atoms with Crippen molar-refractivity contribution in [3.8, 4) is 0 Å². The van der Waals surface area contributed by atoms with Crippen LogP contribution in [0.5, 0.6) is 0 Å². The molecule has 2 N–H and O–H groups in total. The molecule has 2 atom stereocenters. The predicted molar refractivity (Wildman–Crippen MR) is 144 cm³/mol. The van der Waals surface area contributed by atoms with Gasteiger partial charge in [-0.2, -0.15) is 5.10 Å². The molecule has 0 bridgehead atoms. The number of benzene rings is 1. The molecule has 0 radical (unpaired) electrons. The number of carboxylic acid groups (broad SMARTS) is 1. The molecular formula is C26H31IN6O3. The molecule has 36 heavy (non-hydrogen) atoms. The number of anilines is 1. The maximum Gasteiger partial charge on any atom is 0.405 e. The highest BCUT2D eigenvalue weighted by Crippen LogP contribution is 2.56. The van der Waals surface area contributed by atoms with Crippen LogP contribution in [0.2, 0.25) is 0 Å². The quantitative estimate of drug-likeness (QED) is 0.408. The van der Waals surface area contributed by atoms with E-state index in [0.717, 1.165) is 72.5 Å². The normalized spacial score (nSPS) is 23.0. The lowest BCUT2D eigenvalue weighted by Gasteiger charge is -2.45. The van der Waals surface area contributed by atoms with Crippen LogP contribution in [0, 0.1) is 9.12 Å². The Morgan fingerprint density at radius 1 is 1.31 bits per heavy atom. The van der Waals surface area contributed by atoms with Gasteiger partial charge in [0.15, 0.2) is 15.6 Å². The summed E-state index contributed by atoms with van der Waals surface area (Å²) < 4.78 is 8.39. The van der Waals surface area contributed by atoms with E-state index < -0.39 is 11.6 Å². The number of nitrogens with one attached hydrogen (secondary N) is 1. The van der Waals surface area contributed by atoms with Gasteiger partial charge in [-0.15, -0.1) is 0 Å². The molecule has 2 fully saturated rings. The van der Waals surface area contributed by atoms with Gasteiger partial charge in [-0.05, 0) is 84.6 Å². The number of carbonyl (C=O) groups is 1. The molecule has 4 heterocycles. The van der Waals surface area contributed by atoms with Gasteiger partial charge in [0.1, 0.15) is 11.3 Å². The highest BCUT2D eigenvalue weighted by Gasteiger charge is 2.49. The fourth-order valence-corrected chi connectivity index (χ4v) is 7.00. The summed E-state index contributed by atoms with van der Waals surface area (Å²) >= 11 is 2.21. The highest BCUT2D eigenvalue weighted by molar-refractivity contribution is 14.1. The number of fused-ring (bicyclic) bond motifs is 2. The zero-order chi connectivity index (χ0) is 25.1. The van der Waals surface area contributed by atoms with Crippen LogP contribution < -0.4 is 10.2 Å². The van der Waals surface area contributed by atoms with Gasteiger partial charge in [0.2, 0.25) is 0 Å². The van der Waals surface area contributed by atoms with Gasteiger partial charge in [-0.3, -0.25) is 0 Å². The first kappa shape index (κ1) is 23.9. The summed E-state index contributed by atoms with van der Waals surface area (Å²) in [5.74, 6) is 1.19. The second-order valence-electron chi connectivity index (χ2n) is 11.0. The molecule has 1 spiro atoms. The zero-order valence-electron chi connectivity index (χ0n) is 20.6. The van der Waals surface area contributed by atoms with E-state index in [1.807, 2.05) is 24.7 Å². The van der Waals surface area contributed by atoms with Crippen molar-refractivity contribution in [3.05, 3.63) is 45.3 Å². The van der Waals surface area contributed by atoms with Crippen LogP contribution in [0.15, 0.2) is 30.5 Å². The third-order valence-corrected chi connectivity index (χ3v) is 8.98. The number of aromatic nitrogens is 4. The Bertz CT molecular complexity index is 1310. The standard InChI is InChI=1S/C26H31IN6O3/c1-25(2,30-24(34)35)14-18-17-6-4-3-5-16(17)13-26(18)8-10-32(11-9-26)19-15-28-21-22(27)31-33(23(21)29-19)20-7-12-36-20/h3-6,15,18,20,30H,7-14H2,1-2H3,(H,34,35)/t18-,20?/m1/s1. The number of halogens is 1. The average Bonchev–Trinajstić information content (AvgIpc) is 3.26. The molecular weight excluding hydrogens is 571 g/mol. The molecule has 6 rings (SSSR count). The molecule has 9 nitrogen and oxygen atoms in total. The largest absolute Gasteiger partial charge is 0.465 e. The lowest BCUT2D eigenvalue weighted by Crippen LogP contribution is -2.48. The summed E-state index contributed by atoms with van der Waals surface area (Å²) in [6.45, 7) is 6.52. The molecule has 1 unspecified atom stereocenters. The van der Waals surface area contributed by atoms with Gasteiger partial charge in [-0.25, -0.2) is 19.4 Å². The third kappa shape index (κ3) is 4.11. The van der Waals surface area contributed by atoms with Crippen molar-refractivity contribution in [2.75, 3.05) is 24.6 Å². The van der Waals surface area contributed by atoms with Crippen LogP contribution in [0.1, 0.15) is 62.8 Å². The lowest BCUT2D eigenvalue weighted by molar-refractivity contribution is -0.104. The minimum absolute atomic E-state index is 0.0503. The maximum absolute atomic E-state index is 11.4. The Hall–Kier alpha value is -2.47. The Morgan fingerprint density at radius 3 is 2.75 bits per heavy atom. The first-order chi connectivity index (χ1) is 17.2. The Morgan fingerprint density at radius 2 is 2.06 bits per heavy atom. The second kappa shape index (κ2) is 8.83. The number of hydrogen-bond donors (Lipinski definition) is 2. The highest BCUT2D eigenvalue weighted by atomic mass is 127. The van der Waals surface area contributed by atoms with Gasteiger partial charge >= 0.3 is 6.09 Å². The van der Waals surface area contributed by atoms with E-state index in [1.165, 1.54) is 11.1 Å². The van der Waals surface area contributed by atoms with Crippen molar-refractivity contribution in [3.63, 3.8) is 0 Å². The number of rotatable bonds is 5. The fraction of sp³-hybridized carbons (Fsp3) is 0.538. The molecule has 3 aliphatic rings. The monoisotopic (exact) mass is 602 g/mol. The van der Waals surface area contributed by atoms with E-state index in [9.17, 15) is 9.90 Å². The van der Waals surface area contributed by atoms with Crippen molar-refractivity contribution in [1.29, 1.82) is 0 Å². The van der Waals surface area contributed by atoms with Crippen LogP contribution in [-0.2, 0) is 11.2 Å². The molecule has 2 saturated heterocycles. The minimum atomic E-state index is -0.967. The van der Waals surface area contributed by atoms with Gasteiger partial charge in [0, 0.05) is 25.0 Å². The third-order valence-electron chi connectivity index (χ3n) is 8.25. The van der Waals surface area contributed by atoms with Crippen molar-refractivity contribution >= 4 is 45.7 Å². The van der Waals surface area contributed by atoms with E-state index in [1.54, 1.807) is 0 Å². The summed E-state index contributed by atoms with van der Waals surface area (Å²) in [7, 11) is 0. The Balaban J connectivity index is 1.25. The number of amides is 1. The van der Waals surface area contributed by atoms with Crippen LogP contribution in [0.4, 0.5) is 10.6 Å². The Kier molecular flexibility index (Phi) is 5.86. The first-order valence-electron chi connectivity index (χ1n) is 12.6. The molecule has 3 aromatic rings. The maximum atomic E-state index is 11.4. The molecule has 2 aromatic heterocycles. The van der Waals surface area contributed by atoms with E-state index in [0.29, 0.717) is 5.92 Å². The van der Waals surface area contributed by atoms with Crippen LogP contribution >= 0.6 is 22.6 Å². The molecule has 1 aromatic carbocycles. The van der Waals surface area contributed by atoms with Gasteiger partial charge in [0.25, 0.3) is 0 Å². The second-order valence-corrected chi connectivity index (χ2v) is 12.1. The van der Waals surface area contributed by atoms with Crippen molar-refractivity contribution in [2.45, 2.75) is 63.6 Å². The SMILES string of the molecule is CC(C)(C[C@@H]1c2ccccc2CC12CCN(c1cnc3c(I)nn(C4CCO4)c3n1)CC2)NC(=O)O. The van der Waals surface area contributed by atoms with Crippen LogP contribution in [0.25, 0.3) is 11.2 Å². The number of hydrogen-bond acceptors (Lipinski definition) is 6. The van der Waals surface area contributed by atoms with Crippen molar-refractivity contribution in [2.24, 2.45) is 5.41 Å². The summed E-state index contributed by atoms with van der Waals surface area (Å²) in [4.78, 5) is 23.5. The number of nitrogens with zero attached hydrogens (tertiary/aromatic N) is 5. The van der Waals surface area contributed by atoms with Crippen LogP contribution in [-0.4, -0.2) is 56.2 Å². The lowest BCUT2D eigenvalue weighted by atomic mass is 9.66. The smallest absolute Gasteiger partial charge is 0.405 e. The number of piperidine rings is 1. The molecule has 2 aliphatic heterocycles. The van der Waals surface area contributed by atoms with E-state index in [2.05, 4.69) is 62.2 Å².